The van der Waals surface area contributed by atoms with Crippen molar-refractivity contribution in [3.05, 3.63) is 57.6 Å². The number of rotatable bonds is 6. The Labute approximate surface area is 182 Å². The van der Waals surface area contributed by atoms with Gasteiger partial charge < -0.3 is 4.74 Å². The fraction of sp³-hybridized carbons (Fsp3) is 0.478. The number of carbonyl (C=O) groups is 2. The van der Waals surface area contributed by atoms with E-state index >= 15 is 0 Å². The molecule has 0 aliphatic heterocycles. The van der Waals surface area contributed by atoms with Crippen LogP contribution >= 0.6 is 11.8 Å². The summed E-state index contributed by atoms with van der Waals surface area (Å²) in [5.41, 5.74) is 2.29. The number of ketones is 2. The third kappa shape index (κ3) is 10.1. The van der Waals surface area contributed by atoms with Gasteiger partial charge in [-0.2, -0.15) is 0 Å². The van der Waals surface area contributed by atoms with Gasteiger partial charge in [-0.05, 0) is 56.6 Å². The molecule has 0 heterocycles. The van der Waals surface area contributed by atoms with Gasteiger partial charge in [0.05, 0.1) is 22.1 Å². The van der Waals surface area contributed by atoms with Crippen LogP contribution < -0.4 is 0 Å². The molecule has 0 aromatic carbocycles. The average molecular weight is 439 g/mol. The van der Waals surface area contributed by atoms with E-state index in [0.717, 1.165) is 5.57 Å². The third-order valence-corrected chi connectivity index (χ3v) is 6.69. The third-order valence-electron chi connectivity index (χ3n) is 4.19. The van der Waals surface area contributed by atoms with Crippen LogP contribution in [-0.2, 0) is 25.1 Å². The fourth-order valence-corrected chi connectivity index (χ4v) is 4.65. The molecule has 0 aromatic heterocycles. The molecule has 1 saturated carbocycles. The summed E-state index contributed by atoms with van der Waals surface area (Å²) in [6.45, 7) is 13.2. The van der Waals surface area contributed by atoms with Crippen LogP contribution in [0.4, 0.5) is 0 Å². The SMILES string of the molecule is C=C(/C=C\C(C)=C/C)OC.CS/C(=C1/C(=O)CC(C)(C)C/C1=C\C(C)=O)S(C)=O. The van der Waals surface area contributed by atoms with Crippen molar-refractivity contribution >= 4 is 34.1 Å². The van der Waals surface area contributed by atoms with Crippen molar-refractivity contribution in [2.24, 2.45) is 5.41 Å². The van der Waals surface area contributed by atoms with E-state index in [1.54, 1.807) is 13.4 Å². The molecule has 0 bridgehead atoms. The van der Waals surface area contributed by atoms with Crippen molar-refractivity contribution in [1.29, 1.82) is 0 Å². The predicted octanol–water partition coefficient (Wildman–Crippen LogP) is 5.51. The van der Waals surface area contributed by atoms with Crippen LogP contribution in [0.15, 0.2) is 57.6 Å². The standard InChI is InChI=1S/C14H20O3S2.C9H14O/c1-9(15)6-10-7-14(2,3)8-11(16)12(10)13(18-4)19(5)17;1-5-8(2)6-7-9(3)10-4/h6H,7-8H2,1-5H3;5-7H,3H2,1-2,4H3/b10-6+,13-12-;7-6-,8-5-. The summed E-state index contributed by atoms with van der Waals surface area (Å²) >= 11 is 1.33. The highest BCUT2D eigenvalue weighted by molar-refractivity contribution is 8.16. The van der Waals surface area contributed by atoms with Crippen LogP contribution in [0.25, 0.3) is 0 Å². The van der Waals surface area contributed by atoms with Crippen molar-refractivity contribution in [1.82, 2.24) is 0 Å². The number of hydrogen-bond donors (Lipinski definition) is 0. The van der Waals surface area contributed by atoms with E-state index < -0.39 is 10.8 Å². The Balaban J connectivity index is 0.000000665. The van der Waals surface area contributed by atoms with Gasteiger partial charge in [0, 0.05) is 18.2 Å². The number of allylic oxidation sites excluding steroid dienone is 7. The molecule has 1 aliphatic carbocycles. The van der Waals surface area contributed by atoms with Crippen molar-refractivity contribution in [2.45, 2.75) is 47.5 Å². The van der Waals surface area contributed by atoms with Crippen LogP contribution in [0.5, 0.6) is 0 Å². The average Bonchev–Trinajstić information content (AvgIpc) is 2.61. The highest BCUT2D eigenvalue weighted by Crippen LogP contribution is 2.42. The second-order valence-electron chi connectivity index (χ2n) is 7.58. The lowest BCUT2D eigenvalue weighted by molar-refractivity contribution is -0.118. The monoisotopic (exact) mass is 438 g/mol. The van der Waals surface area contributed by atoms with E-state index in [1.807, 2.05) is 52.2 Å². The maximum absolute atomic E-state index is 12.3. The van der Waals surface area contributed by atoms with Crippen LogP contribution in [0, 0.1) is 5.41 Å². The second-order valence-corrected chi connectivity index (χ2v) is 9.97. The van der Waals surface area contributed by atoms with Gasteiger partial charge in [0.2, 0.25) is 0 Å². The molecular weight excluding hydrogens is 404 g/mol. The van der Waals surface area contributed by atoms with E-state index in [4.69, 9.17) is 4.74 Å². The minimum Gasteiger partial charge on any atom is -0.497 e. The number of carbonyl (C=O) groups excluding carboxylic acids is 2. The molecule has 0 aromatic rings. The van der Waals surface area contributed by atoms with Crippen LogP contribution in [-0.4, -0.2) is 35.4 Å². The largest absolute Gasteiger partial charge is 0.497 e. The van der Waals surface area contributed by atoms with Gasteiger partial charge in [0.1, 0.15) is 5.76 Å². The molecule has 0 spiro atoms. The van der Waals surface area contributed by atoms with Gasteiger partial charge in [-0.15, -0.1) is 11.8 Å². The molecule has 0 amide bonds. The number of thioether (sulfide) groups is 1. The number of hydrogen-bond acceptors (Lipinski definition) is 5. The topological polar surface area (TPSA) is 60.4 Å². The van der Waals surface area contributed by atoms with E-state index in [1.165, 1.54) is 30.3 Å². The zero-order valence-electron chi connectivity index (χ0n) is 18.9. The second kappa shape index (κ2) is 12.8. The summed E-state index contributed by atoms with van der Waals surface area (Å²) in [5.74, 6) is 0.588. The summed E-state index contributed by atoms with van der Waals surface area (Å²) in [6.07, 6.45) is 11.8. The lowest BCUT2D eigenvalue weighted by Crippen LogP contribution is -2.28. The Kier molecular flexibility index (Phi) is 12.1. The predicted molar refractivity (Wildman–Crippen MR) is 126 cm³/mol. The van der Waals surface area contributed by atoms with Gasteiger partial charge in [-0.3, -0.25) is 13.8 Å². The molecular formula is C23H34O4S2. The molecule has 4 nitrogen and oxygen atoms in total. The minimum absolute atomic E-state index is 0.0108. The molecule has 0 saturated heterocycles. The summed E-state index contributed by atoms with van der Waals surface area (Å²) in [6, 6.07) is 0. The summed E-state index contributed by atoms with van der Waals surface area (Å²) in [5, 5.41) is 0. The first kappa shape index (κ1) is 27.3. The van der Waals surface area contributed by atoms with Crippen molar-refractivity contribution in [2.75, 3.05) is 19.6 Å². The highest BCUT2D eigenvalue weighted by Gasteiger charge is 2.35. The van der Waals surface area contributed by atoms with Crippen molar-refractivity contribution in [3.8, 4) is 0 Å². The Morgan fingerprint density at radius 2 is 1.83 bits per heavy atom. The van der Waals surface area contributed by atoms with E-state index in [2.05, 4.69) is 6.58 Å². The Morgan fingerprint density at radius 1 is 1.24 bits per heavy atom. The van der Waals surface area contributed by atoms with E-state index in [0.29, 0.717) is 28.4 Å². The van der Waals surface area contributed by atoms with Crippen LogP contribution in [0.2, 0.25) is 0 Å². The first-order chi connectivity index (χ1) is 13.4. The summed E-state index contributed by atoms with van der Waals surface area (Å²) in [7, 11) is 0.396. The minimum atomic E-state index is -1.21. The highest BCUT2D eigenvalue weighted by atomic mass is 32.2. The molecule has 1 rings (SSSR count). The Bertz CT molecular complexity index is 781. The number of Topliss-reactive ketones (excluding diaryl/α,β-unsaturated/α-hetero) is 1. The van der Waals surface area contributed by atoms with Gasteiger partial charge in [-0.1, -0.05) is 38.2 Å². The normalized spacial score (nSPS) is 20.8. The van der Waals surface area contributed by atoms with Gasteiger partial charge >= 0.3 is 0 Å². The molecule has 1 unspecified atom stereocenters. The maximum atomic E-state index is 12.3. The van der Waals surface area contributed by atoms with Gasteiger partial charge in [0.25, 0.3) is 0 Å². The quantitative estimate of drug-likeness (QED) is 0.311. The van der Waals surface area contributed by atoms with Crippen molar-refractivity contribution in [3.63, 3.8) is 0 Å². The first-order valence-corrected chi connectivity index (χ1v) is 12.1. The lowest BCUT2D eigenvalue weighted by Gasteiger charge is -2.32. The zero-order chi connectivity index (χ0) is 22.8. The molecule has 162 valence electrons. The van der Waals surface area contributed by atoms with Crippen molar-refractivity contribution < 1.29 is 18.5 Å². The summed E-state index contributed by atoms with van der Waals surface area (Å²) in [4.78, 5) is 23.7. The molecule has 1 atom stereocenters. The van der Waals surface area contributed by atoms with Gasteiger partial charge in [0.15, 0.2) is 11.6 Å². The van der Waals surface area contributed by atoms with Gasteiger partial charge in [-0.25, -0.2) is 0 Å². The summed E-state index contributed by atoms with van der Waals surface area (Å²) < 4.78 is 17.2. The Morgan fingerprint density at radius 3 is 2.24 bits per heavy atom. The maximum Gasteiger partial charge on any atom is 0.165 e. The van der Waals surface area contributed by atoms with E-state index in [9.17, 15) is 13.8 Å². The Hall–Kier alpha value is -1.66. The number of ether oxygens (including phenoxy) is 1. The molecule has 6 heteroatoms. The smallest absolute Gasteiger partial charge is 0.165 e. The number of methoxy groups -OCH3 is 1. The molecule has 1 fully saturated rings. The van der Waals surface area contributed by atoms with Crippen LogP contribution in [0.3, 0.4) is 0 Å². The molecule has 1 aliphatic rings. The first-order valence-electron chi connectivity index (χ1n) is 9.28. The van der Waals surface area contributed by atoms with Crippen LogP contribution in [0.1, 0.15) is 47.5 Å². The van der Waals surface area contributed by atoms with E-state index in [-0.39, 0.29) is 17.0 Å². The fourth-order valence-electron chi connectivity index (χ4n) is 2.73. The zero-order valence-corrected chi connectivity index (χ0v) is 20.5. The molecule has 0 N–H and O–H groups in total. The molecule has 0 radical (unpaired) electrons. The molecule has 29 heavy (non-hydrogen) atoms. The lowest BCUT2D eigenvalue weighted by atomic mass is 9.72.